The average Bonchev–Trinajstić information content (AvgIpc) is 2.88. The molecule has 1 aromatic rings. The minimum absolute atomic E-state index is 0.104. The van der Waals surface area contributed by atoms with E-state index in [0.29, 0.717) is 6.54 Å². The molecule has 1 fully saturated rings. The largest absolute Gasteiger partial charge is 0.342 e. The number of hydrogen-bond donors (Lipinski definition) is 1. The first kappa shape index (κ1) is 15.4. The molecule has 0 aromatic carbocycles. The molecule has 1 aromatic heterocycles. The van der Waals surface area contributed by atoms with Crippen molar-refractivity contribution in [1.29, 1.82) is 0 Å². The summed E-state index contributed by atoms with van der Waals surface area (Å²) in [5, 5.41) is 4.39. The van der Waals surface area contributed by atoms with Gasteiger partial charge in [-0.3, -0.25) is 4.79 Å². The molecule has 0 saturated carbocycles. The number of hydrogen-bond acceptors (Lipinski definition) is 4. The molecular formula is C15H25N3OS. The van der Waals surface area contributed by atoms with Crippen LogP contribution in [0.15, 0.2) is 6.20 Å². The van der Waals surface area contributed by atoms with Gasteiger partial charge in [-0.2, -0.15) is 0 Å². The molecule has 0 radical (unpaired) electrons. The highest BCUT2D eigenvalue weighted by Crippen LogP contribution is 2.26. The number of nitrogens with one attached hydrogen (secondary N) is 1. The summed E-state index contributed by atoms with van der Waals surface area (Å²) in [6.07, 6.45) is 5.47. The minimum Gasteiger partial charge on any atom is -0.342 e. The molecule has 1 aliphatic rings. The average molecular weight is 295 g/mol. The van der Waals surface area contributed by atoms with Gasteiger partial charge in [0.25, 0.3) is 0 Å². The molecule has 4 nitrogen and oxygen atoms in total. The number of rotatable bonds is 4. The third-order valence-corrected chi connectivity index (χ3v) is 4.90. The molecule has 1 amide bonds. The Morgan fingerprint density at radius 2 is 2.05 bits per heavy atom. The van der Waals surface area contributed by atoms with Gasteiger partial charge in [0, 0.05) is 36.1 Å². The van der Waals surface area contributed by atoms with Crippen molar-refractivity contribution in [2.45, 2.75) is 52.0 Å². The van der Waals surface area contributed by atoms with Crippen LogP contribution >= 0.6 is 11.3 Å². The molecule has 0 unspecified atom stereocenters. The molecule has 0 bridgehead atoms. The summed E-state index contributed by atoms with van der Waals surface area (Å²) >= 11 is 1.73. The van der Waals surface area contributed by atoms with Gasteiger partial charge in [0.2, 0.25) is 5.91 Å². The summed E-state index contributed by atoms with van der Waals surface area (Å²) in [7, 11) is 0. The zero-order valence-electron chi connectivity index (χ0n) is 12.7. The van der Waals surface area contributed by atoms with Crippen molar-refractivity contribution in [2.75, 3.05) is 19.6 Å². The van der Waals surface area contributed by atoms with Crippen molar-refractivity contribution in [3.05, 3.63) is 16.1 Å². The first-order valence-electron chi connectivity index (χ1n) is 7.40. The fourth-order valence-corrected chi connectivity index (χ4v) is 3.22. The molecule has 1 N–H and O–H groups in total. The first-order valence-corrected chi connectivity index (χ1v) is 8.22. The van der Waals surface area contributed by atoms with Crippen molar-refractivity contribution >= 4 is 17.2 Å². The van der Waals surface area contributed by atoms with E-state index in [9.17, 15) is 4.79 Å². The fraction of sp³-hybridized carbons (Fsp3) is 0.733. The molecule has 5 heteroatoms. The number of thiazole rings is 1. The fourth-order valence-electron chi connectivity index (χ4n) is 2.28. The van der Waals surface area contributed by atoms with Gasteiger partial charge >= 0.3 is 0 Å². The van der Waals surface area contributed by atoms with Crippen molar-refractivity contribution in [2.24, 2.45) is 0 Å². The third-order valence-electron chi connectivity index (χ3n) is 3.48. The third kappa shape index (κ3) is 4.28. The Morgan fingerprint density at radius 3 is 2.65 bits per heavy atom. The summed E-state index contributed by atoms with van der Waals surface area (Å²) in [4.78, 5) is 19.6. The van der Waals surface area contributed by atoms with Gasteiger partial charge in [0.1, 0.15) is 0 Å². The lowest BCUT2D eigenvalue weighted by atomic mass is 9.98. The van der Waals surface area contributed by atoms with E-state index in [-0.39, 0.29) is 11.3 Å². The van der Waals surface area contributed by atoms with E-state index in [1.54, 1.807) is 11.3 Å². The van der Waals surface area contributed by atoms with Crippen LogP contribution in [0.25, 0.3) is 0 Å². The van der Waals surface area contributed by atoms with E-state index < -0.39 is 0 Å². The number of aromatic nitrogens is 1. The van der Waals surface area contributed by atoms with Crippen LogP contribution in [0, 0.1) is 0 Å². The van der Waals surface area contributed by atoms with E-state index in [2.05, 4.69) is 31.1 Å². The topological polar surface area (TPSA) is 45.2 Å². The van der Waals surface area contributed by atoms with E-state index in [4.69, 9.17) is 0 Å². The Morgan fingerprint density at radius 1 is 1.35 bits per heavy atom. The van der Waals surface area contributed by atoms with Crippen LogP contribution in [0.4, 0.5) is 0 Å². The molecule has 1 aliphatic heterocycles. The maximum Gasteiger partial charge on any atom is 0.236 e. The lowest BCUT2D eigenvalue weighted by Gasteiger charge is -2.26. The van der Waals surface area contributed by atoms with Crippen molar-refractivity contribution in [3.8, 4) is 0 Å². The second-order valence-corrected chi connectivity index (χ2v) is 7.54. The number of carbonyl (C=O) groups excluding carboxylic acids is 1. The van der Waals surface area contributed by atoms with E-state index in [1.165, 1.54) is 11.3 Å². The molecule has 20 heavy (non-hydrogen) atoms. The Labute approximate surface area is 125 Å². The Balaban J connectivity index is 1.75. The van der Waals surface area contributed by atoms with Gasteiger partial charge in [0.15, 0.2) is 0 Å². The molecule has 2 heterocycles. The summed E-state index contributed by atoms with van der Waals surface area (Å²) in [6, 6.07) is 0. The quantitative estimate of drug-likeness (QED) is 0.928. The second kappa shape index (κ2) is 6.68. The van der Waals surface area contributed by atoms with Crippen LogP contribution in [0.5, 0.6) is 0 Å². The molecule has 2 rings (SSSR count). The summed E-state index contributed by atoms with van der Waals surface area (Å²) < 4.78 is 0. The molecule has 1 saturated heterocycles. The van der Waals surface area contributed by atoms with E-state index in [0.717, 1.165) is 37.5 Å². The zero-order valence-corrected chi connectivity index (χ0v) is 13.6. The van der Waals surface area contributed by atoms with Crippen LogP contribution in [-0.2, 0) is 16.8 Å². The Hall–Kier alpha value is -0.940. The normalized spacial score (nSPS) is 16.4. The highest BCUT2D eigenvalue weighted by molar-refractivity contribution is 7.11. The number of carbonyl (C=O) groups is 1. The molecule has 112 valence electrons. The van der Waals surface area contributed by atoms with Crippen LogP contribution in [0.2, 0.25) is 0 Å². The smallest absolute Gasteiger partial charge is 0.236 e. The van der Waals surface area contributed by atoms with Gasteiger partial charge < -0.3 is 10.2 Å². The maximum absolute atomic E-state index is 12.0. The summed E-state index contributed by atoms with van der Waals surface area (Å²) in [5.41, 5.74) is 0.104. The van der Waals surface area contributed by atoms with Gasteiger partial charge in [0.05, 0.1) is 11.6 Å². The maximum atomic E-state index is 12.0. The Kier molecular flexibility index (Phi) is 5.16. The van der Waals surface area contributed by atoms with Gasteiger partial charge in [-0.15, -0.1) is 11.3 Å². The number of piperidine rings is 1. The Bertz CT molecular complexity index is 444. The highest BCUT2D eigenvalue weighted by Gasteiger charge is 2.18. The summed E-state index contributed by atoms with van der Waals surface area (Å²) in [5.74, 6) is 0.227. The standard InChI is InChI=1S/C15H25N3OS/c1-15(2,3)14-17-10-12(20-14)9-16-11-13(19)18-7-5-4-6-8-18/h10,16H,4-9,11H2,1-3H3. The predicted molar refractivity (Wildman–Crippen MR) is 83.0 cm³/mol. The van der Waals surface area contributed by atoms with Crippen LogP contribution in [0.1, 0.15) is 49.9 Å². The number of nitrogens with zero attached hydrogens (tertiary/aromatic N) is 2. The lowest BCUT2D eigenvalue weighted by Crippen LogP contribution is -2.40. The summed E-state index contributed by atoms with van der Waals surface area (Å²) in [6.45, 7) is 9.52. The van der Waals surface area contributed by atoms with Crippen molar-refractivity contribution in [3.63, 3.8) is 0 Å². The zero-order chi connectivity index (χ0) is 14.6. The van der Waals surface area contributed by atoms with Crippen LogP contribution in [0.3, 0.4) is 0 Å². The van der Waals surface area contributed by atoms with Gasteiger partial charge in [-0.05, 0) is 19.3 Å². The van der Waals surface area contributed by atoms with E-state index in [1.807, 2.05) is 11.1 Å². The van der Waals surface area contributed by atoms with Crippen molar-refractivity contribution in [1.82, 2.24) is 15.2 Å². The molecule has 0 spiro atoms. The minimum atomic E-state index is 0.104. The highest BCUT2D eigenvalue weighted by atomic mass is 32.1. The number of likely N-dealkylation sites (tertiary alicyclic amines) is 1. The van der Waals surface area contributed by atoms with E-state index >= 15 is 0 Å². The monoisotopic (exact) mass is 295 g/mol. The number of amides is 1. The SMILES string of the molecule is CC(C)(C)c1ncc(CNCC(=O)N2CCCCC2)s1. The molecule has 0 atom stereocenters. The predicted octanol–water partition coefficient (Wildman–Crippen LogP) is 2.54. The van der Waals surface area contributed by atoms with Crippen LogP contribution in [-0.4, -0.2) is 35.4 Å². The van der Waals surface area contributed by atoms with Gasteiger partial charge in [-0.25, -0.2) is 4.98 Å². The van der Waals surface area contributed by atoms with Crippen molar-refractivity contribution < 1.29 is 4.79 Å². The lowest BCUT2D eigenvalue weighted by molar-refractivity contribution is -0.131. The first-order chi connectivity index (χ1) is 9.47. The molecular weight excluding hydrogens is 270 g/mol. The van der Waals surface area contributed by atoms with Crippen LogP contribution < -0.4 is 5.32 Å². The molecule has 0 aliphatic carbocycles. The second-order valence-electron chi connectivity index (χ2n) is 6.43. The van der Waals surface area contributed by atoms with Gasteiger partial charge in [-0.1, -0.05) is 20.8 Å².